The first-order chi connectivity index (χ1) is 16.0. The van der Waals surface area contributed by atoms with Crippen molar-refractivity contribution in [2.24, 2.45) is 41.4 Å². The fourth-order valence-electron chi connectivity index (χ4n) is 8.29. The van der Waals surface area contributed by atoms with Crippen LogP contribution in [-0.4, -0.2) is 11.6 Å². The SMILES string of the molecule is CCC(C)(Oc1cc(C(=O)Oc2ccccc2)ccc1F)C1CC2CC1C1C3CCC(C3)C21. The maximum atomic E-state index is 14.9. The van der Waals surface area contributed by atoms with Crippen molar-refractivity contribution in [2.45, 2.75) is 58.0 Å². The number of hydrogen-bond donors (Lipinski definition) is 0. The van der Waals surface area contributed by atoms with Crippen LogP contribution in [0, 0.1) is 47.2 Å². The van der Waals surface area contributed by atoms with Crippen molar-refractivity contribution in [3.8, 4) is 11.5 Å². The van der Waals surface area contributed by atoms with Crippen LogP contribution in [0.3, 0.4) is 0 Å². The van der Waals surface area contributed by atoms with Crippen molar-refractivity contribution < 1.29 is 18.7 Å². The van der Waals surface area contributed by atoms with Gasteiger partial charge >= 0.3 is 5.97 Å². The molecule has 0 radical (unpaired) electrons. The van der Waals surface area contributed by atoms with Crippen LogP contribution in [0.25, 0.3) is 0 Å². The third-order valence-electron chi connectivity index (χ3n) is 9.68. The maximum Gasteiger partial charge on any atom is 0.343 e. The molecule has 6 rings (SSSR count). The summed E-state index contributed by atoms with van der Waals surface area (Å²) in [5.74, 6) is 5.36. The molecular formula is C29H33FO3. The van der Waals surface area contributed by atoms with E-state index in [4.69, 9.17) is 9.47 Å². The summed E-state index contributed by atoms with van der Waals surface area (Å²) < 4.78 is 26.8. The molecule has 3 nitrogen and oxygen atoms in total. The Balaban J connectivity index is 1.23. The highest BCUT2D eigenvalue weighted by Gasteiger charge is 2.64. The van der Waals surface area contributed by atoms with Crippen LogP contribution in [0.2, 0.25) is 0 Å². The van der Waals surface area contributed by atoms with Crippen molar-refractivity contribution in [3.05, 3.63) is 59.9 Å². The quantitative estimate of drug-likeness (QED) is 0.274. The van der Waals surface area contributed by atoms with Crippen LogP contribution in [0.1, 0.15) is 62.7 Å². The van der Waals surface area contributed by atoms with E-state index in [1.54, 1.807) is 12.1 Å². The summed E-state index contributed by atoms with van der Waals surface area (Å²) in [6.45, 7) is 4.31. The molecule has 4 heteroatoms. The first-order valence-electron chi connectivity index (χ1n) is 12.7. The minimum atomic E-state index is -0.506. The minimum absolute atomic E-state index is 0.161. The third kappa shape index (κ3) is 3.40. The molecule has 0 aromatic heterocycles. The molecule has 0 spiro atoms. The lowest BCUT2D eigenvalue weighted by Gasteiger charge is -2.46. The fourth-order valence-corrected chi connectivity index (χ4v) is 8.29. The van der Waals surface area contributed by atoms with Gasteiger partial charge in [0.1, 0.15) is 11.4 Å². The van der Waals surface area contributed by atoms with Crippen molar-refractivity contribution in [1.29, 1.82) is 0 Å². The normalized spacial score (nSPS) is 35.3. The van der Waals surface area contributed by atoms with Gasteiger partial charge in [0.15, 0.2) is 11.6 Å². The molecule has 2 aromatic carbocycles. The van der Waals surface area contributed by atoms with Crippen LogP contribution >= 0.6 is 0 Å². The lowest BCUT2D eigenvalue weighted by Crippen LogP contribution is -2.47. The molecule has 0 heterocycles. The summed E-state index contributed by atoms with van der Waals surface area (Å²) >= 11 is 0. The summed E-state index contributed by atoms with van der Waals surface area (Å²) in [6, 6.07) is 13.2. The predicted octanol–water partition coefficient (Wildman–Crippen LogP) is 6.91. The molecular weight excluding hydrogens is 415 g/mol. The first-order valence-corrected chi connectivity index (χ1v) is 12.7. The van der Waals surface area contributed by atoms with Crippen molar-refractivity contribution in [1.82, 2.24) is 0 Å². The molecule has 4 aliphatic rings. The third-order valence-corrected chi connectivity index (χ3v) is 9.68. The molecule has 0 amide bonds. The first kappa shape index (κ1) is 21.2. The number of esters is 1. The number of para-hydroxylation sites is 1. The molecule has 4 saturated carbocycles. The van der Waals surface area contributed by atoms with E-state index in [9.17, 15) is 9.18 Å². The van der Waals surface area contributed by atoms with Gasteiger partial charge < -0.3 is 9.47 Å². The summed E-state index contributed by atoms with van der Waals surface area (Å²) in [5.41, 5.74) is -0.135. The molecule has 8 unspecified atom stereocenters. The van der Waals surface area contributed by atoms with Gasteiger partial charge in [-0.05, 0) is 111 Å². The minimum Gasteiger partial charge on any atom is -0.484 e. The number of carbonyl (C=O) groups excluding carboxylic acids is 1. The van der Waals surface area contributed by atoms with Gasteiger partial charge in [-0.3, -0.25) is 0 Å². The second-order valence-corrected chi connectivity index (χ2v) is 11.1. The Kier molecular flexibility index (Phi) is 5.04. The van der Waals surface area contributed by atoms with Gasteiger partial charge in [0.2, 0.25) is 0 Å². The number of ether oxygens (including phenoxy) is 2. The summed E-state index contributed by atoms with van der Waals surface area (Å²) in [7, 11) is 0. The van der Waals surface area contributed by atoms with Gasteiger partial charge in [-0.1, -0.05) is 25.1 Å². The van der Waals surface area contributed by atoms with Crippen molar-refractivity contribution in [2.75, 3.05) is 0 Å². The maximum absolute atomic E-state index is 14.9. The molecule has 0 aliphatic heterocycles. The number of benzene rings is 2. The average molecular weight is 449 g/mol. The van der Waals surface area contributed by atoms with E-state index in [0.29, 0.717) is 23.1 Å². The fraction of sp³-hybridized carbons (Fsp3) is 0.552. The number of rotatable bonds is 6. The number of hydrogen-bond acceptors (Lipinski definition) is 3. The Bertz CT molecular complexity index is 1050. The molecule has 4 fully saturated rings. The Morgan fingerprint density at radius 3 is 2.52 bits per heavy atom. The summed E-state index contributed by atoms with van der Waals surface area (Å²) in [6.07, 6.45) is 7.65. The molecule has 2 aromatic rings. The van der Waals surface area contributed by atoms with Gasteiger partial charge in [0, 0.05) is 5.92 Å². The van der Waals surface area contributed by atoms with E-state index in [1.165, 1.54) is 50.3 Å². The Labute approximate surface area is 195 Å². The average Bonchev–Trinajstić information content (AvgIpc) is 3.61. The van der Waals surface area contributed by atoms with E-state index in [2.05, 4.69) is 13.8 Å². The van der Waals surface area contributed by atoms with E-state index in [0.717, 1.165) is 36.0 Å². The van der Waals surface area contributed by atoms with Crippen LogP contribution in [0.5, 0.6) is 11.5 Å². The lowest BCUT2D eigenvalue weighted by molar-refractivity contribution is -0.0384. The molecule has 174 valence electrons. The van der Waals surface area contributed by atoms with E-state index in [-0.39, 0.29) is 5.75 Å². The number of fused-ring (bicyclic) bond motifs is 9. The van der Waals surface area contributed by atoms with Crippen LogP contribution in [-0.2, 0) is 0 Å². The standard InChI is InChI=1S/C29H33FO3/c1-3-29(2,23-15-20-14-22(23)27-18-10-9-17(13-18)26(20)27)33-25-16-19(11-12-24(25)30)28(31)32-21-7-5-4-6-8-21/h4-8,11-12,16-18,20,22-23,26-27H,3,9-10,13-15H2,1-2H3. The molecule has 0 N–H and O–H groups in total. The Morgan fingerprint density at radius 1 is 1.00 bits per heavy atom. The van der Waals surface area contributed by atoms with Crippen LogP contribution in [0.4, 0.5) is 4.39 Å². The zero-order valence-electron chi connectivity index (χ0n) is 19.5. The smallest absolute Gasteiger partial charge is 0.343 e. The Hall–Kier alpha value is -2.36. The molecule has 33 heavy (non-hydrogen) atoms. The highest BCUT2D eigenvalue weighted by Crippen LogP contribution is 2.70. The summed E-state index contributed by atoms with van der Waals surface area (Å²) in [4.78, 5) is 12.7. The second kappa shape index (κ2) is 7.85. The zero-order chi connectivity index (χ0) is 22.7. The highest BCUT2D eigenvalue weighted by atomic mass is 19.1. The van der Waals surface area contributed by atoms with E-state index >= 15 is 0 Å². The monoisotopic (exact) mass is 448 g/mol. The molecule has 4 bridgehead atoms. The van der Waals surface area contributed by atoms with Crippen LogP contribution in [0.15, 0.2) is 48.5 Å². The highest BCUT2D eigenvalue weighted by molar-refractivity contribution is 5.91. The molecule has 8 atom stereocenters. The molecule has 4 aliphatic carbocycles. The van der Waals surface area contributed by atoms with Gasteiger partial charge in [0.05, 0.1) is 5.56 Å². The largest absolute Gasteiger partial charge is 0.484 e. The summed E-state index contributed by atoms with van der Waals surface area (Å²) in [5, 5.41) is 0. The van der Waals surface area contributed by atoms with Crippen molar-refractivity contribution in [3.63, 3.8) is 0 Å². The van der Waals surface area contributed by atoms with Crippen LogP contribution < -0.4 is 9.47 Å². The second-order valence-electron chi connectivity index (χ2n) is 11.1. The van der Waals surface area contributed by atoms with E-state index in [1.807, 2.05) is 18.2 Å². The van der Waals surface area contributed by atoms with Gasteiger partial charge in [0.25, 0.3) is 0 Å². The van der Waals surface area contributed by atoms with Gasteiger partial charge in [-0.2, -0.15) is 0 Å². The molecule has 0 saturated heterocycles. The Morgan fingerprint density at radius 2 is 1.76 bits per heavy atom. The van der Waals surface area contributed by atoms with E-state index < -0.39 is 17.4 Å². The lowest BCUT2D eigenvalue weighted by atomic mass is 9.63. The van der Waals surface area contributed by atoms with Gasteiger partial charge in [-0.15, -0.1) is 0 Å². The van der Waals surface area contributed by atoms with Crippen molar-refractivity contribution >= 4 is 5.97 Å². The number of halogens is 1. The van der Waals surface area contributed by atoms with Gasteiger partial charge in [-0.25, -0.2) is 9.18 Å². The number of carbonyl (C=O) groups is 1. The topological polar surface area (TPSA) is 35.5 Å². The zero-order valence-corrected chi connectivity index (χ0v) is 19.5. The predicted molar refractivity (Wildman–Crippen MR) is 125 cm³/mol.